The topological polar surface area (TPSA) is 80.6 Å². The number of nitrogens with zero attached hydrogens (tertiary/aromatic N) is 2. The lowest BCUT2D eigenvalue weighted by Gasteiger charge is -2.12. The van der Waals surface area contributed by atoms with Crippen LogP contribution in [-0.2, 0) is 33.7 Å². The molecule has 0 atom stereocenters. The zero-order valence-corrected chi connectivity index (χ0v) is 22.2. The summed E-state index contributed by atoms with van der Waals surface area (Å²) in [6.07, 6.45) is 6.78. The maximum atomic E-state index is 13.1. The standard InChI is InChI=1S/C29H33N3O4S/c1-3-22-13-7-14-24-23(19-31(27(22)24)20-26(33)30-15-9-17-36-2)18-25-28(34)32(29(35)37-25)16-8-12-21-10-5-4-6-11-21/h4-7,10-11,13-14,18-19H,3,8-9,12,15-17,20H2,1-2H3,(H,30,33)/b25-18-. The molecule has 1 aliphatic rings. The minimum Gasteiger partial charge on any atom is -0.385 e. The molecule has 2 aromatic carbocycles. The molecular formula is C29H33N3O4S. The van der Waals surface area contributed by atoms with Gasteiger partial charge in [0, 0.05) is 44.0 Å². The molecule has 7 nitrogen and oxygen atoms in total. The van der Waals surface area contributed by atoms with Gasteiger partial charge in [-0.25, -0.2) is 0 Å². The van der Waals surface area contributed by atoms with Gasteiger partial charge in [0.1, 0.15) is 6.54 Å². The van der Waals surface area contributed by atoms with Gasteiger partial charge in [-0.2, -0.15) is 0 Å². The summed E-state index contributed by atoms with van der Waals surface area (Å²) in [6.45, 7) is 3.80. The lowest BCUT2D eigenvalue weighted by molar-refractivity contribution is -0.123. The van der Waals surface area contributed by atoms with Crippen molar-refractivity contribution in [1.82, 2.24) is 14.8 Å². The molecule has 8 heteroatoms. The largest absolute Gasteiger partial charge is 0.385 e. The molecule has 0 spiro atoms. The number of fused-ring (bicyclic) bond motifs is 1. The van der Waals surface area contributed by atoms with Crippen molar-refractivity contribution in [2.24, 2.45) is 0 Å². The van der Waals surface area contributed by atoms with Gasteiger partial charge in [0.15, 0.2) is 0 Å². The van der Waals surface area contributed by atoms with E-state index in [-0.39, 0.29) is 23.6 Å². The second kappa shape index (κ2) is 12.7. The summed E-state index contributed by atoms with van der Waals surface area (Å²) in [6, 6.07) is 16.1. The Labute approximate surface area is 221 Å². The number of hydrogen-bond acceptors (Lipinski definition) is 5. The van der Waals surface area contributed by atoms with Crippen molar-refractivity contribution in [3.05, 3.63) is 76.3 Å². The van der Waals surface area contributed by atoms with Crippen LogP contribution in [0.4, 0.5) is 4.79 Å². The molecule has 1 saturated heterocycles. The molecule has 0 aliphatic carbocycles. The minimum absolute atomic E-state index is 0.0794. The monoisotopic (exact) mass is 519 g/mol. The number of benzene rings is 2. The van der Waals surface area contributed by atoms with E-state index in [1.807, 2.05) is 53.2 Å². The van der Waals surface area contributed by atoms with Gasteiger partial charge in [-0.15, -0.1) is 0 Å². The Balaban J connectivity index is 1.52. The van der Waals surface area contributed by atoms with Crippen LogP contribution in [0.25, 0.3) is 17.0 Å². The third-order valence-electron chi connectivity index (χ3n) is 6.41. The maximum Gasteiger partial charge on any atom is 0.293 e. The number of imide groups is 1. The van der Waals surface area contributed by atoms with E-state index in [0.717, 1.165) is 53.1 Å². The molecular weight excluding hydrogens is 486 g/mol. The van der Waals surface area contributed by atoms with E-state index in [4.69, 9.17) is 4.74 Å². The number of aryl methyl sites for hydroxylation is 2. The number of methoxy groups -OCH3 is 1. The van der Waals surface area contributed by atoms with Gasteiger partial charge in [-0.1, -0.05) is 55.5 Å². The zero-order valence-electron chi connectivity index (χ0n) is 21.4. The second-order valence-electron chi connectivity index (χ2n) is 9.00. The smallest absolute Gasteiger partial charge is 0.293 e. The number of amides is 3. The van der Waals surface area contributed by atoms with Crippen LogP contribution in [-0.4, -0.2) is 53.3 Å². The molecule has 1 N–H and O–H groups in total. The fourth-order valence-electron chi connectivity index (χ4n) is 4.57. The molecule has 4 rings (SSSR count). The van der Waals surface area contributed by atoms with Crippen LogP contribution in [0.3, 0.4) is 0 Å². The number of carbonyl (C=O) groups excluding carboxylic acids is 3. The Morgan fingerprint density at radius 2 is 1.89 bits per heavy atom. The van der Waals surface area contributed by atoms with Gasteiger partial charge < -0.3 is 14.6 Å². The summed E-state index contributed by atoms with van der Waals surface area (Å²) < 4.78 is 6.98. The predicted molar refractivity (Wildman–Crippen MR) is 148 cm³/mol. The Kier molecular flexibility index (Phi) is 9.19. The number of ether oxygens (including phenoxy) is 1. The SMILES string of the molecule is CCc1cccc2c(/C=C3\SC(=O)N(CCCc4ccccc4)C3=O)cn(CC(=O)NCCCOC)c12. The van der Waals surface area contributed by atoms with Crippen LogP contribution in [0.15, 0.2) is 59.6 Å². The van der Waals surface area contributed by atoms with E-state index < -0.39 is 0 Å². The van der Waals surface area contributed by atoms with Gasteiger partial charge in [0.25, 0.3) is 11.1 Å². The predicted octanol–water partition coefficient (Wildman–Crippen LogP) is 5.03. The highest BCUT2D eigenvalue weighted by atomic mass is 32.2. The van der Waals surface area contributed by atoms with Crippen LogP contribution in [0.1, 0.15) is 36.5 Å². The van der Waals surface area contributed by atoms with Gasteiger partial charge >= 0.3 is 0 Å². The van der Waals surface area contributed by atoms with Gasteiger partial charge in [0.2, 0.25) is 5.91 Å². The summed E-state index contributed by atoms with van der Waals surface area (Å²) in [5.74, 6) is -0.337. The van der Waals surface area contributed by atoms with Crippen LogP contribution < -0.4 is 5.32 Å². The summed E-state index contributed by atoms with van der Waals surface area (Å²) in [7, 11) is 1.64. The molecule has 3 amide bonds. The summed E-state index contributed by atoms with van der Waals surface area (Å²) in [5, 5.41) is 3.66. The number of thioether (sulfide) groups is 1. The number of para-hydroxylation sites is 1. The van der Waals surface area contributed by atoms with Crippen LogP contribution >= 0.6 is 11.8 Å². The van der Waals surface area contributed by atoms with E-state index in [2.05, 4.69) is 18.3 Å². The van der Waals surface area contributed by atoms with Crippen molar-refractivity contribution in [2.75, 3.05) is 26.8 Å². The highest BCUT2D eigenvalue weighted by Gasteiger charge is 2.34. The molecule has 0 bridgehead atoms. The first-order valence-corrected chi connectivity index (χ1v) is 13.5. The van der Waals surface area contributed by atoms with E-state index in [1.165, 1.54) is 10.5 Å². The van der Waals surface area contributed by atoms with E-state index in [0.29, 0.717) is 31.0 Å². The van der Waals surface area contributed by atoms with E-state index in [1.54, 1.807) is 13.2 Å². The van der Waals surface area contributed by atoms with Crippen LogP contribution in [0.2, 0.25) is 0 Å². The molecule has 1 fully saturated rings. The number of carbonyl (C=O) groups is 3. The molecule has 0 unspecified atom stereocenters. The first-order valence-electron chi connectivity index (χ1n) is 12.7. The lowest BCUT2D eigenvalue weighted by atomic mass is 10.1. The minimum atomic E-state index is -0.258. The Morgan fingerprint density at radius 1 is 1.08 bits per heavy atom. The Morgan fingerprint density at radius 3 is 2.65 bits per heavy atom. The number of aromatic nitrogens is 1. The molecule has 3 aromatic rings. The van der Waals surface area contributed by atoms with Crippen LogP contribution in [0.5, 0.6) is 0 Å². The van der Waals surface area contributed by atoms with Crippen molar-refractivity contribution >= 4 is 45.8 Å². The fourth-order valence-corrected chi connectivity index (χ4v) is 5.42. The quantitative estimate of drug-likeness (QED) is 0.268. The van der Waals surface area contributed by atoms with Gasteiger partial charge in [0.05, 0.1) is 10.4 Å². The highest BCUT2D eigenvalue weighted by molar-refractivity contribution is 8.18. The third kappa shape index (κ3) is 6.50. The average Bonchev–Trinajstić information content (AvgIpc) is 3.38. The molecule has 37 heavy (non-hydrogen) atoms. The van der Waals surface area contributed by atoms with Crippen LogP contribution in [0, 0.1) is 0 Å². The maximum absolute atomic E-state index is 13.1. The van der Waals surface area contributed by atoms with Gasteiger partial charge in [-0.05, 0) is 54.6 Å². The van der Waals surface area contributed by atoms with E-state index in [9.17, 15) is 14.4 Å². The molecule has 0 radical (unpaired) electrons. The number of nitrogens with one attached hydrogen (secondary N) is 1. The number of hydrogen-bond donors (Lipinski definition) is 1. The highest BCUT2D eigenvalue weighted by Crippen LogP contribution is 2.35. The molecule has 194 valence electrons. The third-order valence-corrected chi connectivity index (χ3v) is 7.31. The fraction of sp³-hybridized carbons (Fsp3) is 0.345. The second-order valence-corrected chi connectivity index (χ2v) is 9.99. The lowest BCUT2D eigenvalue weighted by Crippen LogP contribution is -2.29. The summed E-state index contributed by atoms with van der Waals surface area (Å²) >= 11 is 0.978. The zero-order chi connectivity index (χ0) is 26.2. The average molecular weight is 520 g/mol. The van der Waals surface area contributed by atoms with Crippen molar-refractivity contribution in [1.29, 1.82) is 0 Å². The normalized spacial score (nSPS) is 14.8. The van der Waals surface area contributed by atoms with Crippen molar-refractivity contribution < 1.29 is 19.1 Å². The Bertz CT molecular complexity index is 1300. The first-order chi connectivity index (χ1) is 18.0. The van der Waals surface area contributed by atoms with E-state index >= 15 is 0 Å². The molecule has 2 heterocycles. The molecule has 0 saturated carbocycles. The Hall–Kier alpha value is -3.36. The molecule has 1 aromatic heterocycles. The number of rotatable bonds is 12. The van der Waals surface area contributed by atoms with Crippen molar-refractivity contribution in [2.45, 2.75) is 39.2 Å². The van der Waals surface area contributed by atoms with Crippen molar-refractivity contribution in [3.63, 3.8) is 0 Å². The van der Waals surface area contributed by atoms with Gasteiger partial charge in [-0.3, -0.25) is 19.3 Å². The first kappa shape index (κ1) is 26.7. The summed E-state index contributed by atoms with van der Waals surface area (Å²) in [4.78, 5) is 40.1. The molecule has 1 aliphatic heterocycles. The summed E-state index contributed by atoms with van der Waals surface area (Å²) in [5.41, 5.74) is 4.11. The van der Waals surface area contributed by atoms with Crippen molar-refractivity contribution in [3.8, 4) is 0 Å².